The molecular weight excluding hydrogens is 172 g/mol. The molecule has 0 aliphatic heterocycles. The van der Waals surface area contributed by atoms with E-state index >= 15 is 0 Å². The summed E-state index contributed by atoms with van der Waals surface area (Å²) in [6.45, 7) is 11.5. The van der Waals surface area contributed by atoms with Crippen molar-refractivity contribution < 1.29 is 0 Å². The summed E-state index contributed by atoms with van der Waals surface area (Å²) in [5.74, 6) is 0.771. The fraction of sp³-hybridized carbons (Fsp3) is 1.00. The quantitative estimate of drug-likeness (QED) is 0.575. The van der Waals surface area contributed by atoms with Crippen molar-refractivity contribution in [2.75, 3.05) is 33.2 Å². The molecule has 14 heavy (non-hydrogen) atoms. The van der Waals surface area contributed by atoms with Crippen LogP contribution in [0.25, 0.3) is 0 Å². The molecule has 0 unspecified atom stereocenters. The predicted molar refractivity (Wildman–Crippen MR) is 64.7 cm³/mol. The predicted octanol–water partition coefficient (Wildman–Crippen LogP) is 2.35. The molecule has 0 amide bonds. The zero-order valence-electron chi connectivity index (χ0n) is 10.5. The normalized spacial score (nSPS) is 11.6. The van der Waals surface area contributed by atoms with E-state index in [2.05, 4.69) is 38.0 Å². The molecule has 2 heteroatoms. The molecule has 0 spiro atoms. The van der Waals surface area contributed by atoms with Crippen LogP contribution in [0.3, 0.4) is 0 Å². The molecule has 0 heterocycles. The number of unbranched alkanes of at least 4 members (excludes halogenated alkanes) is 1. The Hall–Kier alpha value is -0.0800. The lowest BCUT2D eigenvalue weighted by atomic mass is 10.2. The van der Waals surface area contributed by atoms with Gasteiger partial charge in [-0.2, -0.15) is 0 Å². The fourth-order valence-electron chi connectivity index (χ4n) is 1.40. The maximum absolute atomic E-state index is 3.47. The minimum atomic E-state index is 0.771. The van der Waals surface area contributed by atoms with Gasteiger partial charge in [0.2, 0.25) is 0 Å². The Bertz CT molecular complexity index is 113. The van der Waals surface area contributed by atoms with Crippen molar-refractivity contribution >= 4 is 0 Å². The van der Waals surface area contributed by atoms with Crippen LogP contribution >= 0.6 is 0 Å². The zero-order valence-corrected chi connectivity index (χ0v) is 10.5. The summed E-state index contributed by atoms with van der Waals surface area (Å²) in [5, 5.41) is 3.47. The highest BCUT2D eigenvalue weighted by atomic mass is 15.1. The van der Waals surface area contributed by atoms with Crippen LogP contribution < -0.4 is 5.32 Å². The number of nitrogens with one attached hydrogen (secondary N) is 1. The van der Waals surface area contributed by atoms with Gasteiger partial charge in [0.1, 0.15) is 0 Å². The highest BCUT2D eigenvalue weighted by molar-refractivity contribution is 4.55. The van der Waals surface area contributed by atoms with Crippen molar-refractivity contribution in [2.45, 2.75) is 40.0 Å². The van der Waals surface area contributed by atoms with Crippen molar-refractivity contribution in [3.63, 3.8) is 0 Å². The van der Waals surface area contributed by atoms with E-state index < -0.39 is 0 Å². The van der Waals surface area contributed by atoms with Gasteiger partial charge in [-0.25, -0.2) is 0 Å². The molecule has 0 saturated carbocycles. The van der Waals surface area contributed by atoms with Crippen molar-refractivity contribution in [1.82, 2.24) is 10.2 Å². The van der Waals surface area contributed by atoms with Gasteiger partial charge in [0, 0.05) is 0 Å². The average Bonchev–Trinajstić information content (AvgIpc) is 2.13. The molecule has 0 rings (SSSR count). The highest BCUT2D eigenvalue weighted by Crippen LogP contribution is 1.93. The monoisotopic (exact) mass is 200 g/mol. The summed E-state index contributed by atoms with van der Waals surface area (Å²) in [6, 6.07) is 0. The Morgan fingerprint density at radius 3 is 2.36 bits per heavy atom. The van der Waals surface area contributed by atoms with Crippen molar-refractivity contribution in [3.8, 4) is 0 Å². The SMILES string of the molecule is CCCCN(C)CCCNCC(C)C. The summed E-state index contributed by atoms with van der Waals surface area (Å²) in [7, 11) is 2.22. The zero-order chi connectivity index (χ0) is 10.8. The Morgan fingerprint density at radius 1 is 1.14 bits per heavy atom. The van der Waals surface area contributed by atoms with Gasteiger partial charge in [0.05, 0.1) is 0 Å². The second-order valence-corrected chi connectivity index (χ2v) is 4.61. The first kappa shape index (κ1) is 13.9. The summed E-state index contributed by atoms with van der Waals surface area (Å²) in [4.78, 5) is 2.43. The molecule has 0 aliphatic carbocycles. The van der Waals surface area contributed by atoms with Gasteiger partial charge in [-0.15, -0.1) is 0 Å². The average molecular weight is 200 g/mol. The molecule has 2 nitrogen and oxygen atoms in total. The molecule has 0 saturated heterocycles. The van der Waals surface area contributed by atoms with Crippen LogP contribution in [0.1, 0.15) is 40.0 Å². The molecule has 86 valence electrons. The van der Waals surface area contributed by atoms with E-state index in [1.165, 1.54) is 32.4 Å². The second kappa shape index (κ2) is 9.47. The minimum Gasteiger partial charge on any atom is -0.316 e. The van der Waals surface area contributed by atoms with Gasteiger partial charge >= 0.3 is 0 Å². The first-order chi connectivity index (χ1) is 6.66. The van der Waals surface area contributed by atoms with Crippen LogP contribution in [0, 0.1) is 5.92 Å². The number of hydrogen-bond donors (Lipinski definition) is 1. The van der Waals surface area contributed by atoms with E-state index in [0.717, 1.165) is 19.0 Å². The van der Waals surface area contributed by atoms with Crippen LogP contribution in [-0.2, 0) is 0 Å². The van der Waals surface area contributed by atoms with Gasteiger partial charge in [0.15, 0.2) is 0 Å². The molecule has 0 bridgehead atoms. The summed E-state index contributed by atoms with van der Waals surface area (Å²) >= 11 is 0. The lowest BCUT2D eigenvalue weighted by molar-refractivity contribution is 0.320. The van der Waals surface area contributed by atoms with Crippen LogP contribution in [0.5, 0.6) is 0 Å². The van der Waals surface area contributed by atoms with Gasteiger partial charge in [-0.3, -0.25) is 0 Å². The van der Waals surface area contributed by atoms with Gasteiger partial charge < -0.3 is 10.2 Å². The topological polar surface area (TPSA) is 15.3 Å². The number of rotatable bonds is 9. The largest absolute Gasteiger partial charge is 0.316 e. The number of nitrogens with zero attached hydrogens (tertiary/aromatic N) is 1. The van der Waals surface area contributed by atoms with E-state index in [4.69, 9.17) is 0 Å². The molecule has 0 fully saturated rings. The van der Waals surface area contributed by atoms with Crippen LogP contribution in [0.15, 0.2) is 0 Å². The van der Waals surface area contributed by atoms with Crippen molar-refractivity contribution in [2.24, 2.45) is 5.92 Å². The lowest BCUT2D eigenvalue weighted by Crippen LogP contribution is -2.26. The van der Waals surface area contributed by atoms with E-state index in [0.29, 0.717) is 0 Å². The Balaban J connectivity index is 3.10. The van der Waals surface area contributed by atoms with Gasteiger partial charge in [0.25, 0.3) is 0 Å². The van der Waals surface area contributed by atoms with Crippen LogP contribution in [0.4, 0.5) is 0 Å². The first-order valence-corrected chi connectivity index (χ1v) is 6.06. The third kappa shape index (κ3) is 10.0. The van der Waals surface area contributed by atoms with Crippen molar-refractivity contribution in [3.05, 3.63) is 0 Å². The molecule has 0 atom stereocenters. The lowest BCUT2D eigenvalue weighted by Gasteiger charge is -2.16. The molecule has 1 N–H and O–H groups in total. The first-order valence-electron chi connectivity index (χ1n) is 6.06. The summed E-state index contributed by atoms with van der Waals surface area (Å²) in [6.07, 6.45) is 3.90. The van der Waals surface area contributed by atoms with Gasteiger partial charge in [-0.05, 0) is 52.0 Å². The Labute approximate surface area is 90.1 Å². The van der Waals surface area contributed by atoms with Crippen LogP contribution in [0.2, 0.25) is 0 Å². The highest BCUT2D eigenvalue weighted by Gasteiger charge is 1.97. The second-order valence-electron chi connectivity index (χ2n) is 4.61. The van der Waals surface area contributed by atoms with Gasteiger partial charge in [-0.1, -0.05) is 27.2 Å². The van der Waals surface area contributed by atoms with Crippen LogP contribution in [-0.4, -0.2) is 38.1 Å². The molecule has 0 aliphatic rings. The molecule has 0 aromatic carbocycles. The Morgan fingerprint density at radius 2 is 1.79 bits per heavy atom. The number of hydrogen-bond acceptors (Lipinski definition) is 2. The maximum atomic E-state index is 3.47. The molecule has 0 aromatic heterocycles. The van der Waals surface area contributed by atoms with E-state index in [9.17, 15) is 0 Å². The summed E-state index contributed by atoms with van der Waals surface area (Å²) in [5.41, 5.74) is 0. The fourth-order valence-corrected chi connectivity index (χ4v) is 1.40. The third-order valence-electron chi connectivity index (χ3n) is 2.34. The molecule has 0 radical (unpaired) electrons. The molecule has 0 aromatic rings. The smallest absolute Gasteiger partial charge is 0.000969 e. The maximum Gasteiger partial charge on any atom is -0.000969 e. The Kier molecular flexibility index (Phi) is 9.42. The summed E-state index contributed by atoms with van der Waals surface area (Å²) < 4.78 is 0. The molecular formula is C12H28N2. The van der Waals surface area contributed by atoms with E-state index in [-0.39, 0.29) is 0 Å². The van der Waals surface area contributed by atoms with E-state index in [1.54, 1.807) is 0 Å². The minimum absolute atomic E-state index is 0.771. The van der Waals surface area contributed by atoms with E-state index in [1.807, 2.05) is 0 Å². The third-order valence-corrected chi connectivity index (χ3v) is 2.34. The van der Waals surface area contributed by atoms with Crippen molar-refractivity contribution in [1.29, 1.82) is 0 Å². The standard InChI is InChI=1S/C12H28N2/c1-5-6-9-14(4)10-7-8-13-11-12(2)3/h12-13H,5-11H2,1-4H3.